The van der Waals surface area contributed by atoms with Gasteiger partial charge in [0.15, 0.2) is 5.65 Å². The van der Waals surface area contributed by atoms with Crippen LogP contribution in [-0.2, 0) is 7.05 Å². The predicted molar refractivity (Wildman–Crippen MR) is 121 cm³/mol. The number of aromatic nitrogens is 5. The van der Waals surface area contributed by atoms with Crippen molar-refractivity contribution in [3.05, 3.63) is 52.9 Å². The highest BCUT2D eigenvalue weighted by Gasteiger charge is 2.25. The van der Waals surface area contributed by atoms with Gasteiger partial charge in [-0.15, -0.1) is 11.3 Å². The number of carbonyl (C=O) groups excluding carboxylic acids is 1. The Kier molecular flexibility index (Phi) is 4.90. The Labute approximate surface area is 184 Å². The lowest BCUT2D eigenvalue weighted by Gasteiger charge is -2.35. The number of carbonyl (C=O) groups is 1. The number of rotatable bonds is 3. The lowest BCUT2D eigenvalue weighted by molar-refractivity contribution is 0.0746. The molecule has 0 N–H and O–H groups in total. The molecule has 8 nitrogen and oxygen atoms in total. The summed E-state index contributed by atoms with van der Waals surface area (Å²) in [5, 5.41) is 8.28. The van der Waals surface area contributed by atoms with E-state index in [-0.39, 0.29) is 5.91 Å². The zero-order chi connectivity index (χ0) is 21.5. The van der Waals surface area contributed by atoms with Gasteiger partial charge in [0.25, 0.3) is 5.91 Å². The second kappa shape index (κ2) is 7.73. The van der Waals surface area contributed by atoms with Crippen LogP contribution in [0.4, 0.5) is 5.82 Å². The summed E-state index contributed by atoms with van der Waals surface area (Å²) in [6.45, 7) is 6.63. The highest BCUT2D eigenvalue weighted by Crippen LogP contribution is 2.26. The molecule has 9 heteroatoms. The van der Waals surface area contributed by atoms with Crippen molar-refractivity contribution in [3.63, 3.8) is 0 Å². The lowest BCUT2D eigenvalue weighted by atomic mass is 10.1. The van der Waals surface area contributed by atoms with Gasteiger partial charge in [0, 0.05) is 55.4 Å². The number of piperazine rings is 1. The van der Waals surface area contributed by atoms with Crippen molar-refractivity contribution in [2.75, 3.05) is 31.1 Å². The van der Waals surface area contributed by atoms with Crippen LogP contribution < -0.4 is 4.90 Å². The molecule has 31 heavy (non-hydrogen) atoms. The smallest absolute Gasteiger partial charge is 0.253 e. The van der Waals surface area contributed by atoms with Crippen LogP contribution in [0, 0.1) is 13.8 Å². The summed E-state index contributed by atoms with van der Waals surface area (Å²) >= 11 is 1.62. The van der Waals surface area contributed by atoms with Gasteiger partial charge in [0.05, 0.1) is 11.6 Å². The Bertz CT molecular complexity index is 1250. The minimum Gasteiger partial charge on any atom is -0.352 e. The molecule has 0 aliphatic carbocycles. The maximum atomic E-state index is 13.0. The van der Waals surface area contributed by atoms with Crippen molar-refractivity contribution >= 4 is 34.1 Å². The van der Waals surface area contributed by atoms with Gasteiger partial charge in [-0.3, -0.25) is 9.48 Å². The fourth-order valence-electron chi connectivity index (χ4n) is 3.90. The number of fused-ring (bicyclic) bond motifs is 1. The number of amides is 1. The number of thiazole rings is 1. The van der Waals surface area contributed by atoms with E-state index in [1.807, 2.05) is 61.6 Å². The van der Waals surface area contributed by atoms with Crippen molar-refractivity contribution in [1.82, 2.24) is 29.6 Å². The van der Waals surface area contributed by atoms with Crippen molar-refractivity contribution in [1.29, 1.82) is 0 Å². The molecule has 1 saturated heterocycles. The summed E-state index contributed by atoms with van der Waals surface area (Å²) in [7, 11) is 1.89. The normalized spacial score (nSPS) is 14.4. The van der Waals surface area contributed by atoms with Crippen LogP contribution in [0.2, 0.25) is 0 Å². The molecule has 0 unspecified atom stereocenters. The molecule has 1 aliphatic rings. The molecule has 5 rings (SSSR count). The van der Waals surface area contributed by atoms with Crippen LogP contribution in [0.5, 0.6) is 0 Å². The SMILES string of the molecule is Cc1csc(-c2ccc(C(=O)N3CCN(c4nc(C)nc5c4cnn5C)CC3)cc2)n1. The quantitative estimate of drug-likeness (QED) is 0.494. The molecule has 0 atom stereocenters. The molecular weight excluding hydrogens is 410 g/mol. The third kappa shape index (κ3) is 3.65. The molecule has 0 radical (unpaired) electrons. The third-order valence-corrected chi connectivity index (χ3v) is 6.56. The zero-order valence-corrected chi connectivity index (χ0v) is 18.6. The first-order valence-corrected chi connectivity index (χ1v) is 11.1. The monoisotopic (exact) mass is 433 g/mol. The number of benzene rings is 1. The Balaban J connectivity index is 1.29. The second-order valence-electron chi connectivity index (χ2n) is 7.75. The second-order valence-corrected chi connectivity index (χ2v) is 8.61. The summed E-state index contributed by atoms with van der Waals surface area (Å²) in [6, 6.07) is 7.75. The van der Waals surface area contributed by atoms with Gasteiger partial charge in [-0.2, -0.15) is 5.10 Å². The molecule has 158 valence electrons. The van der Waals surface area contributed by atoms with E-state index in [0.717, 1.165) is 52.0 Å². The number of hydrogen-bond donors (Lipinski definition) is 0. The van der Waals surface area contributed by atoms with E-state index in [0.29, 0.717) is 18.7 Å². The molecular formula is C22H23N7OS. The third-order valence-electron chi connectivity index (χ3n) is 5.55. The van der Waals surface area contributed by atoms with Crippen LogP contribution in [0.15, 0.2) is 35.8 Å². The standard InChI is InChI=1S/C22H23N7OS/c1-14-13-31-21(24-14)16-4-6-17(7-5-16)22(30)29-10-8-28(9-11-29)20-18-12-23-27(3)19(18)25-15(2)26-20/h4-7,12-13H,8-11H2,1-3H3. The number of nitrogens with zero attached hydrogens (tertiary/aromatic N) is 7. The summed E-state index contributed by atoms with van der Waals surface area (Å²) in [5.41, 5.74) is 3.59. The topological polar surface area (TPSA) is 80.0 Å². The molecule has 0 bridgehead atoms. The molecule has 1 amide bonds. The van der Waals surface area contributed by atoms with Gasteiger partial charge in [0.1, 0.15) is 16.6 Å². The van der Waals surface area contributed by atoms with E-state index in [4.69, 9.17) is 0 Å². The van der Waals surface area contributed by atoms with E-state index in [9.17, 15) is 4.79 Å². The Morgan fingerprint density at radius 1 is 1.00 bits per heavy atom. The molecule has 1 fully saturated rings. The summed E-state index contributed by atoms with van der Waals surface area (Å²) in [5.74, 6) is 1.68. The van der Waals surface area contributed by atoms with Crippen LogP contribution in [0.3, 0.4) is 0 Å². The minimum atomic E-state index is 0.0620. The Hall–Kier alpha value is -3.33. The first-order valence-electron chi connectivity index (χ1n) is 10.2. The summed E-state index contributed by atoms with van der Waals surface area (Å²) in [6.07, 6.45) is 1.81. The van der Waals surface area contributed by atoms with E-state index in [1.54, 1.807) is 16.0 Å². The van der Waals surface area contributed by atoms with Crippen molar-refractivity contribution < 1.29 is 4.79 Å². The van der Waals surface area contributed by atoms with E-state index >= 15 is 0 Å². The van der Waals surface area contributed by atoms with Crippen LogP contribution >= 0.6 is 11.3 Å². The highest BCUT2D eigenvalue weighted by molar-refractivity contribution is 7.13. The molecule has 3 aromatic heterocycles. The van der Waals surface area contributed by atoms with Crippen LogP contribution in [0.25, 0.3) is 21.6 Å². The minimum absolute atomic E-state index is 0.0620. The average molecular weight is 434 g/mol. The van der Waals surface area contributed by atoms with Crippen LogP contribution in [0.1, 0.15) is 21.9 Å². The molecule has 1 aromatic carbocycles. The first kappa shape index (κ1) is 19.6. The maximum absolute atomic E-state index is 13.0. The van der Waals surface area contributed by atoms with Crippen molar-refractivity contribution in [2.24, 2.45) is 7.05 Å². The Morgan fingerprint density at radius 2 is 1.74 bits per heavy atom. The molecule has 0 saturated carbocycles. The van der Waals surface area contributed by atoms with Crippen molar-refractivity contribution in [2.45, 2.75) is 13.8 Å². The van der Waals surface area contributed by atoms with E-state index in [1.165, 1.54) is 0 Å². The largest absolute Gasteiger partial charge is 0.352 e. The highest BCUT2D eigenvalue weighted by atomic mass is 32.1. The molecule has 0 spiro atoms. The number of aryl methyl sites for hydroxylation is 3. The summed E-state index contributed by atoms with van der Waals surface area (Å²) in [4.78, 5) is 30.8. The van der Waals surface area contributed by atoms with E-state index in [2.05, 4.69) is 25.0 Å². The van der Waals surface area contributed by atoms with Gasteiger partial charge in [0.2, 0.25) is 0 Å². The predicted octanol–water partition coefficient (Wildman–Crippen LogP) is 3.07. The number of anilines is 1. The van der Waals surface area contributed by atoms with Gasteiger partial charge >= 0.3 is 0 Å². The Morgan fingerprint density at radius 3 is 2.42 bits per heavy atom. The average Bonchev–Trinajstić information content (AvgIpc) is 3.39. The van der Waals surface area contributed by atoms with Gasteiger partial charge in [-0.25, -0.2) is 15.0 Å². The maximum Gasteiger partial charge on any atom is 0.253 e. The van der Waals surface area contributed by atoms with Gasteiger partial charge < -0.3 is 9.80 Å². The fraction of sp³-hybridized carbons (Fsp3) is 0.318. The molecule has 4 aromatic rings. The van der Waals surface area contributed by atoms with Crippen LogP contribution in [-0.4, -0.2) is 61.7 Å². The van der Waals surface area contributed by atoms with Gasteiger partial charge in [-0.05, 0) is 26.0 Å². The molecule has 4 heterocycles. The first-order chi connectivity index (χ1) is 15.0. The lowest BCUT2D eigenvalue weighted by Crippen LogP contribution is -2.49. The number of hydrogen-bond acceptors (Lipinski definition) is 7. The van der Waals surface area contributed by atoms with E-state index < -0.39 is 0 Å². The van der Waals surface area contributed by atoms with Gasteiger partial charge in [-0.1, -0.05) is 12.1 Å². The molecule has 1 aliphatic heterocycles. The van der Waals surface area contributed by atoms with Crippen molar-refractivity contribution in [3.8, 4) is 10.6 Å². The zero-order valence-electron chi connectivity index (χ0n) is 17.7. The fourth-order valence-corrected chi connectivity index (χ4v) is 4.70. The summed E-state index contributed by atoms with van der Waals surface area (Å²) < 4.78 is 1.77.